The van der Waals surface area contributed by atoms with Crippen LogP contribution in [0.15, 0.2) is 29.2 Å². The molecule has 0 bridgehead atoms. The maximum absolute atomic E-state index is 12.3. The van der Waals surface area contributed by atoms with Gasteiger partial charge in [0.25, 0.3) is 0 Å². The van der Waals surface area contributed by atoms with Crippen LogP contribution in [0.25, 0.3) is 0 Å². The maximum Gasteiger partial charge on any atom is 0.240 e. The molecule has 2 rings (SSSR count). The molecule has 1 aliphatic rings. The van der Waals surface area contributed by atoms with E-state index in [1.54, 1.807) is 24.3 Å². The third kappa shape index (κ3) is 4.43. The molecule has 1 unspecified atom stereocenters. The molecular weight excluding hydrogens is 288 g/mol. The Labute approximate surface area is 127 Å². The summed E-state index contributed by atoms with van der Waals surface area (Å²) in [7, 11) is -1.59. The number of sulfonamides is 1. The molecule has 1 atom stereocenters. The van der Waals surface area contributed by atoms with Gasteiger partial charge in [-0.1, -0.05) is 6.42 Å². The molecule has 0 heterocycles. The van der Waals surface area contributed by atoms with Gasteiger partial charge in [-0.05, 0) is 57.0 Å². The van der Waals surface area contributed by atoms with Gasteiger partial charge in [0.2, 0.25) is 10.0 Å². The van der Waals surface area contributed by atoms with Crippen molar-refractivity contribution in [1.82, 2.24) is 10.0 Å². The topological polar surface area (TPSA) is 67.4 Å². The van der Waals surface area contributed by atoms with Gasteiger partial charge in [0, 0.05) is 12.6 Å². The van der Waals surface area contributed by atoms with Gasteiger partial charge in [0.15, 0.2) is 0 Å². The van der Waals surface area contributed by atoms with E-state index >= 15 is 0 Å². The molecule has 0 aromatic heterocycles. The van der Waals surface area contributed by atoms with Crippen LogP contribution in [-0.4, -0.2) is 34.7 Å². The highest BCUT2D eigenvalue weighted by molar-refractivity contribution is 7.89. The van der Waals surface area contributed by atoms with E-state index in [4.69, 9.17) is 4.74 Å². The smallest absolute Gasteiger partial charge is 0.240 e. The number of benzene rings is 1. The van der Waals surface area contributed by atoms with Crippen molar-refractivity contribution in [3.05, 3.63) is 24.3 Å². The minimum absolute atomic E-state index is 0.00435. The Bertz CT molecular complexity index is 539. The highest BCUT2D eigenvalue weighted by atomic mass is 32.2. The summed E-state index contributed by atoms with van der Waals surface area (Å²) >= 11 is 0. The SMILES string of the molecule is CNCCOc1ccc(S(=O)(=O)NC(C)C2CCC2)cc1. The van der Waals surface area contributed by atoms with Gasteiger partial charge in [-0.2, -0.15) is 0 Å². The van der Waals surface area contributed by atoms with Gasteiger partial charge >= 0.3 is 0 Å². The number of hydrogen-bond donors (Lipinski definition) is 2. The fourth-order valence-corrected chi connectivity index (χ4v) is 3.65. The first kappa shape index (κ1) is 16.3. The summed E-state index contributed by atoms with van der Waals surface area (Å²) in [5.41, 5.74) is 0. The first-order valence-electron chi connectivity index (χ1n) is 7.43. The van der Waals surface area contributed by atoms with Crippen LogP contribution in [0.4, 0.5) is 0 Å². The van der Waals surface area contributed by atoms with Crippen LogP contribution >= 0.6 is 0 Å². The van der Waals surface area contributed by atoms with Crippen LogP contribution in [0.5, 0.6) is 5.75 Å². The van der Waals surface area contributed by atoms with Gasteiger partial charge in [-0.15, -0.1) is 0 Å². The summed E-state index contributed by atoms with van der Waals surface area (Å²) in [5.74, 6) is 1.15. The third-order valence-corrected chi connectivity index (χ3v) is 5.53. The van der Waals surface area contributed by atoms with Crippen molar-refractivity contribution in [3.63, 3.8) is 0 Å². The van der Waals surface area contributed by atoms with E-state index in [2.05, 4.69) is 10.0 Å². The molecule has 1 aliphatic carbocycles. The van der Waals surface area contributed by atoms with Gasteiger partial charge in [-0.25, -0.2) is 13.1 Å². The van der Waals surface area contributed by atoms with E-state index in [-0.39, 0.29) is 10.9 Å². The second-order valence-electron chi connectivity index (χ2n) is 5.52. The molecule has 1 fully saturated rings. The van der Waals surface area contributed by atoms with Crippen LogP contribution in [-0.2, 0) is 10.0 Å². The van der Waals surface area contributed by atoms with E-state index in [0.29, 0.717) is 18.3 Å². The predicted molar refractivity (Wildman–Crippen MR) is 83.0 cm³/mol. The summed E-state index contributed by atoms with van der Waals surface area (Å²) in [5, 5.41) is 2.99. The van der Waals surface area contributed by atoms with Crippen molar-refractivity contribution in [3.8, 4) is 5.75 Å². The summed E-state index contributed by atoms with van der Waals surface area (Å²) in [6.07, 6.45) is 3.43. The van der Waals surface area contributed by atoms with Crippen molar-refractivity contribution >= 4 is 10.0 Å². The van der Waals surface area contributed by atoms with E-state index < -0.39 is 10.0 Å². The average Bonchev–Trinajstić information content (AvgIpc) is 2.37. The maximum atomic E-state index is 12.3. The van der Waals surface area contributed by atoms with Gasteiger partial charge in [0.05, 0.1) is 4.90 Å². The lowest BCUT2D eigenvalue weighted by Gasteiger charge is -2.31. The highest BCUT2D eigenvalue weighted by Gasteiger charge is 2.27. The Morgan fingerprint density at radius 1 is 1.29 bits per heavy atom. The lowest BCUT2D eigenvalue weighted by molar-refractivity contribution is 0.260. The molecule has 1 aromatic carbocycles. The van der Waals surface area contributed by atoms with Crippen LogP contribution < -0.4 is 14.8 Å². The van der Waals surface area contributed by atoms with Crippen LogP contribution in [0, 0.1) is 5.92 Å². The molecule has 1 aromatic rings. The predicted octanol–water partition coefficient (Wildman–Crippen LogP) is 1.75. The Balaban J connectivity index is 1.95. The largest absolute Gasteiger partial charge is 0.492 e. The first-order chi connectivity index (χ1) is 10.0. The Morgan fingerprint density at radius 2 is 1.95 bits per heavy atom. The van der Waals surface area contributed by atoms with Crippen molar-refractivity contribution in [2.75, 3.05) is 20.2 Å². The Kier molecular flexibility index (Phi) is 5.61. The molecule has 5 nitrogen and oxygen atoms in total. The van der Waals surface area contributed by atoms with Crippen molar-refractivity contribution in [2.45, 2.75) is 37.1 Å². The molecule has 0 radical (unpaired) electrons. The molecule has 6 heteroatoms. The van der Waals surface area contributed by atoms with Crippen molar-refractivity contribution in [2.24, 2.45) is 5.92 Å². The molecule has 0 spiro atoms. The number of likely N-dealkylation sites (N-methyl/N-ethyl adjacent to an activating group) is 1. The molecule has 0 saturated heterocycles. The standard InChI is InChI=1S/C15H24N2O3S/c1-12(13-4-3-5-13)17-21(18,19)15-8-6-14(7-9-15)20-11-10-16-2/h6-9,12-13,16-17H,3-5,10-11H2,1-2H3. The molecule has 1 saturated carbocycles. The second kappa shape index (κ2) is 7.24. The summed E-state index contributed by atoms with van der Waals surface area (Å²) < 4.78 is 32.8. The molecule has 2 N–H and O–H groups in total. The Morgan fingerprint density at radius 3 is 2.48 bits per heavy atom. The quantitative estimate of drug-likeness (QED) is 0.718. The first-order valence-corrected chi connectivity index (χ1v) is 8.91. The zero-order valence-corrected chi connectivity index (χ0v) is 13.4. The summed E-state index contributed by atoms with van der Waals surface area (Å²) in [4.78, 5) is 0.287. The number of ether oxygens (including phenoxy) is 1. The minimum Gasteiger partial charge on any atom is -0.492 e. The van der Waals surface area contributed by atoms with E-state index in [1.165, 1.54) is 6.42 Å². The van der Waals surface area contributed by atoms with Crippen LogP contribution in [0.3, 0.4) is 0 Å². The van der Waals surface area contributed by atoms with Crippen LogP contribution in [0.2, 0.25) is 0 Å². The zero-order valence-electron chi connectivity index (χ0n) is 12.6. The number of nitrogens with one attached hydrogen (secondary N) is 2. The van der Waals surface area contributed by atoms with E-state index in [9.17, 15) is 8.42 Å². The summed E-state index contributed by atoms with van der Waals surface area (Å²) in [6, 6.07) is 6.56. The fourth-order valence-electron chi connectivity index (χ4n) is 2.33. The van der Waals surface area contributed by atoms with Crippen molar-refractivity contribution in [1.29, 1.82) is 0 Å². The lowest BCUT2D eigenvalue weighted by atomic mass is 9.81. The summed E-state index contributed by atoms with van der Waals surface area (Å²) in [6.45, 7) is 3.25. The average molecular weight is 312 g/mol. The number of hydrogen-bond acceptors (Lipinski definition) is 4. The molecule has 0 amide bonds. The normalized spacial score (nSPS) is 17.2. The number of rotatable bonds is 8. The van der Waals surface area contributed by atoms with Gasteiger partial charge in [-0.3, -0.25) is 0 Å². The molecule has 21 heavy (non-hydrogen) atoms. The minimum atomic E-state index is -3.44. The van der Waals surface area contributed by atoms with Gasteiger partial charge < -0.3 is 10.1 Å². The second-order valence-corrected chi connectivity index (χ2v) is 7.24. The molecule has 118 valence electrons. The van der Waals surface area contributed by atoms with E-state index in [1.807, 2.05) is 14.0 Å². The molecule has 0 aliphatic heterocycles. The monoisotopic (exact) mass is 312 g/mol. The Hall–Kier alpha value is -1.11. The van der Waals surface area contributed by atoms with E-state index in [0.717, 1.165) is 19.4 Å². The van der Waals surface area contributed by atoms with Gasteiger partial charge in [0.1, 0.15) is 12.4 Å². The fraction of sp³-hybridized carbons (Fsp3) is 0.600. The van der Waals surface area contributed by atoms with Crippen molar-refractivity contribution < 1.29 is 13.2 Å². The highest BCUT2D eigenvalue weighted by Crippen LogP contribution is 2.30. The third-order valence-electron chi connectivity index (χ3n) is 3.95. The zero-order chi connectivity index (χ0) is 15.3. The lowest BCUT2D eigenvalue weighted by Crippen LogP contribution is -2.40. The molecular formula is C15H24N2O3S. The van der Waals surface area contributed by atoms with Crippen LogP contribution in [0.1, 0.15) is 26.2 Å².